The van der Waals surface area contributed by atoms with E-state index >= 15 is 0 Å². The summed E-state index contributed by atoms with van der Waals surface area (Å²) in [5.41, 5.74) is 3.96. The van der Waals surface area contributed by atoms with Crippen LogP contribution >= 0.6 is 0 Å². The van der Waals surface area contributed by atoms with Crippen molar-refractivity contribution in [1.82, 2.24) is 9.80 Å². The molecule has 2 N–H and O–H groups in total. The van der Waals surface area contributed by atoms with E-state index in [0.717, 1.165) is 37.4 Å². The first-order valence-electron chi connectivity index (χ1n) is 12.7. The van der Waals surface area contributed by atoms with E-state index in [9.17, 15) is 19.7 Å². The lowest BCUT2D eigenvalue weighted by Crippen LogP contribution is -2.48. The molecule has 1 fully saturated rings. The Morgan fingerprint density at radius 2 is 1.72 bits per heavy atom. The monoisotopic (exact) mass is 526 g/mol. The quantitative estimate of drug-likeness (QED) is 0.274. The number of nitrogens with zero attached hydrogens (tertiary/aromatic N) is 4. The first kappa shape index (κ1) is 26.1. The number of anilines is 3. The second-order valence-electron chi connectivity index (χ2n) is 9.76. The van der Waals surface area contributed by atoms with Crippen molar-refractivity contribution in [3.63, 3.8) is 0 Å². The predicted molar refractivity (Wildman–Crippen MR) is 152 cm³/mol. The topological polar surface area (TPSA) is 111 Å². The van der Waals surface area contributed by atoms with Crippen molar-refractivity contribution in [2.24, 2.45) is 0 Å². The fourth-order valence-corrected chi connectivity index (χ4v) is 4.76. The Morgan fingerprint density at radius 1 is 1.03 bits per heavy atom. The number of non-ortho nitro benzene ring substituents is 1. The number of amides is 2. The molecule has 2 heterocycles. The van der Waals surface area contributed by atoms with Crippen molar-refractivity contribution in [1.29, 1.82) is 0 Å². The Hall–Kier alpha value is -4.54. The van der Waals surface area contributed by atoms with Gasteiger partial charge >= 0.3 is 0 Å². The van der Waals surface area contributed by atoms with Gasteiger partial charge in [0.15, 0.2) is 0 Å². The number of rotatable bonds is 7. The maximum Gasteiger partial charge on any atom is 0.270 e. The van der Waals surface area contributed by atoms with E-state index in [-0.39, 0.29) is 17.5 Å². The Labute approximate surface area is 226 Å². The first-order valence-corrected chi connectivity index (χ1v) is 12.7. The van der Waals surface area contributed by atoms with Gasteiger partial charge in [0.2, 0.25) is 5.91 Å². The molecule has 0 aliphatic carbocycles. The molecule has 3 aromatic rings. The summed E-state index contributed by atoms with van der Waals surface area (Å²) in [6.45, 7) is 4.01. The van der Waals surface area contributed by atoms with Gasteiger partial charge in [-0.15, -0.1) is 0 Å². The van der Waals surface area contributed by atoms with Crippen molar-refractivity contribution >= 4 is 45.8 Å². The lowest BCUT2D eigenvalue weighted by molar-refractivity contribution is -0.384. The van der Waals surface area contributed by atoms with Gasteiger partial charge in [-0.2, -0.15) is 0 Å². The molecule has 39 heavy (non-hydrogen) atoms. The molecule has 5 rings (SSSR count). The minimum atomic E-state index is -0.476. The molecular formula is C29H30N6O4. The molecule has 0 aromatic heterocycles. The SMILES string of the molecule is CN1CCN(CC(=O)N(C)c2ccc(N/C(=C3\C(=O)Nc4ccc([N+](=O)[O-])cc43)c3ccccc3)cc2)CC1. The second kappa shape index (κ2) is 11.1. The molecule has 0 bridgehead atoms. The van der Waals surface area contributed by atoms with Crippen LogP contribution in [-0.2, 0) is 9.59 Å². The van der Waals surface area contributed by atoms with Crippen molar-refractivity contribution in [3.05, 3.63) is 94.0 Å². The van der Waals surface area contributed by atoms with E-state index in [4.69, 9.17) is 0 Å². The van der Waals surface area contributed by atoms with Crippen LogP contribution in [0.3, 0.4) is 0 Å². The third-order valence-corrected chi connectivity index (χ3v) is 7.12. The fourth-order valence-electron chi connectivity index (χ4n) is 4.76. The molecule has 0 unspecified atom stereocenters. The van der Waals surface area contributed by atoms with Gasteiger partial charge in [0.05, 0.1) is 22.7 Å². The smallest absolute Gasteiger partial charge is 0.270 e. The number of hydrogen-bond donors (Lipinski definition) is 2. The number of piperazine rings is 1. The van der Waals surface area contributed by atoms with E-state index in [2.05, 4.69) is 27.5 Å². The molecular weight excluding hydrogens is 496 g/mol. The molecule has 2 aliphatic rings. The van der Waals surface area contributed by atoms with Gasteiger partial charge in [-0.3, -0.25) is 24.6 Å². The van der Waals surface area contributed by atoms with Crippen LogP contribution in [0.1, 0.15) is 11.1 Å². The fraction of sp³-hybridized carbons (Fsp3) is 0.241. The Morgan fingerprint density at radius 3 is 2.38 bits per heavy atom. The van der Waals surface area contributed by atoms with Crippen molar-refractivity contribution in [2.75, 3.05) is 62.4 Å². The summed E-state index contributed by atoms with van der Waals surface area (Å²) in [6.07, 6.45) is 0. The van der Waals surface area contributed by atoms with Gasteiger partial charge in [-0.1, -0.05) is 30.3 Å². The summed E-state index contributed by atoms with van der Waals surface area (Å²) < 4.78 is 0. The van der Waals surface area contributed by atoms with Gasteiger partial charge in [0, 0.05) is 68.0 Å². The number of nitro benzene ring substituents is 1. The van der Waals surface area contributed by atoms with Crippen LogP contribution in [0.15, 0.2) is 72.8 Å². The van der Waals surface area contributed by atoms with Gasteiger partial charge in [0.25, 0.3) is 11.6 Å². The average molecular weight is 527 g/mol. The van der Waals surface area contributed by atoms with Gasteiger partial charge in [0.1, 0.15) is 0 Å². The van der Waals surface area contributed by atoms with Crippen molar-refractivity contribution < 1.29 is 14.5 Å². The number of hydrogen-bond acceptors (Lipinski definition) is 7. The first-order chi connectivity index (χ1) is 18.8. The highest BCUT2D eigenvalue weighted by atomic mass is 16.6. The van der Waals surface area contributed by atoms with Crippen LogP contribution in [0.25, 0.3) is 11.3 Å². The normalized spacial score (nSPS) is 16.8. The Bertz CT molecular complexity index is 1430. The van der Waals surface area contributed by atoms with Crippen LogP contribution in [0.2, 0.25) is 0 Å². The van der Waals surface area contributed by atoms with Gasteiger partial charge in [-0.05, 0) is 42.9 Å². The molecule has 200 valence electrons. The molecule has 0 atom stereocenters. The highest BCUT2D eigenvalue weighted by Gasteiger charge is 2.30. The van der Waals surface area contributed by atoms with E-state index in [1.165, 1.54) is 12.1 Å². The highest BCUT2D eigenvalue weighted by Crippen LogP contribution is 2.39. The molecule has 10 nitrogen and oxygen atoms in total. The largest absolute Gasteiger partial charge is 0.354 e. The summed E-state index contributed by atoms with van der Waals surface area (Å²) in [5.74, 6) is -0.323. The van der Waals surface area contributed by atoms with Crippen LogP contribution in [-0.4, -0.2) is 73.4 Å². The number of carbonyl (C=O) groups excluding carboxylic acids is 2. The maximum absolute atomic E-state index is 13.1. The van der Waals surface area contributed by atoms with Crippen LogP contribution in [0.5, 0.6) is 0 Å². The van der Waals surface area contributed by atoms with E-state index in [1.54, 1.807) is 18.0 Å². The Kier molecular flexibility index (Phi) is 7.40. The number of fused-ring (bicyclic) bond motifs is 1. The zero-order valence-electron chi connectivity index (χ0n) is 21.9. The minimum Gasteiger partial charge on any atom is -0.354 e. The predicted octanol–water partition coefficient (Wildman–Crippen LogP) is 3.74. The van der Waals surface area contributed by atoms with Crippen molar-refractivity contribution in [3.8, 4) is 0 Å². The van der Waals surface area contributed by atoms with Crippen LogP contribution < -0.4 is 15.5 Å². The average Bonchev–Trinajstić information content (AvgIpc) is 3.28. The zero-order chi connectivity index (χ0) is 27.5. The molecule has 1 saturated heterocycles. The molecule has 0 radical (unpaired) electrons. The van der Waals surface area contributed by atoms with E-state index in [1.807, 2.05) is 54.6 Å². The molecule has 2 aliphatic heterocycles. The van der Waals surface area contributed by atoms with Gasteiger partial charge < -0.3 is 20.4 Å². The maximum atomic E-state index is 13.1. The highest BCUT2D eigenvalue weighted by molar-refractivity contribution is 6.37. The number of nitro groups is 1. The summed E-state index contributed by atoms with van der Waals surface area (Å²) in [4.78, 5) is 43.0. The Balaban J connectivity index is 1.41. The number of nitrogens with one attached hydrogen (secondary N) is 2. The zero-order valence-corrected chi connectivity index (χ0v) is 21.9. The summed E-state index contributed by atoms with van der Waals surface area (Å²) in [6, 6.07) is 21.1. The second-order valence-corrected chi connectivity index (χ2v) is 9.76. The number of likely N-dealkylation sites (N-methyl/N-ethyl adjacent to an activating group) is 2. The van der Waals surface area contributed by atoms with E-state index < -0.39 is 4.92 Å². The van der Waals surface area contributed by atoms with E-state index in [0.29, 0.717) is 34.8 Å². The van der Waals surface area contributed by atoms with Crippen molar-refractivity contribution in [2.45, 2.75) is 0 Å². The number of carbonyl (C=O) groups is 2. The van der Waals surface area contributed by atoms with Gasteiger partial charge in [-0.25, -0.2) is 0 Å². The molecule has 0 spiro atoms. The summed E-state index contributed by atoms with van der Waals surface area (Å²) >= 11 is 0. The molecule has 3 aromatic carbocycles. The lowest BCUT2D eigenvalue weighted by atomic mass is 9.99. The third-order valence-electron chi connectivity index (χ3n) is 7.12. The standard InChI is InChI=1S/C29H30N6O4/c1-32-14-16-34(17-15-32)19-26(36)33(2)22-10-8-21(9-11-22)30-28(20-6-4-3-5-7-20)27-24-18-23(35(38)39)12-13-25(24)31-29(27)37/h3-13,18,30H,14-17,19H2,1-2H3,(H,31,37)/b28-27-. The third kappa shape index (κ3) is 5.66. The number of benzene rings is 3. The summed E-state index contributed by atoms with van der Waals surface area (Å²) in [5, 5.41) is 17.6. The minimum absolute atomic E-state index is 0.0215. The van der Waals surface area contributed by atoms with Crippen LogP contribution in [0, 0.1) is 10.1 Å². The molecule has 0 saturated carbocycles. The molecule has 10 heteroatoms. The summed E-state index contributed by atoms with van der Waals surface area (Å²) in [7, 11) is 3.85. The lowest BCUT2D eigenvalue weighted by Gasteiger charge is -2.32. The molecule has 2 amide bonds. The van der Waals surface area contributed by atoms with Crippen LogP contribution in [0.4, 0.5) is 22.7 Å².